The smallest absolute Gasteiger partial charge is 0.241 e. The second-order valence-corrected chi connectivity index (χ2v) is 5.34. The monoisotopic (exact) mass is 239 g/mol. The minimum Gasteiger partial charge on any atom is -0.326 e. The quantitative estimate of drug-likeness (QED) is 0.791. The van der Waals surface area contributed by atoms with Crippen molar-refractivity contribution in [3.63, 3.8) is 0 Å². The molecule has 0 aromatic rings. The lowest BCUT2D eigenvalue weighted by atomic mass is 10.1. The topological polar surface area (TPSA) is 35.6 Å². The first-order chi connectivity index (χ1) is 8.15. The molecule has 2 fully saturated rings. The third kappa shape index (κ3) is 2.63. The van der Waals surface area contributed by atoms with E-state index in [0.717, 1.165) is 26.1 Å². The standard InChI is InChI=1S/C13H25N3O/c1-4-12-13(17)16(10(3)14-12)9-11-6-7-15(5-2)8-11/h10-12,14H,4-9H2,1-3H3. The van der Waals surface area contributed by atoms with Gasteiger partial charge >= 0.3 is 0 Å². The van der Waals surface area contributed by atoms with Crippen molar-refractivity contribution >= 4 is 5.91 Å². The molecule has 3 unspecified atom stereocenters. The summed E-state index contributed by atoms with van der Waals surface area (Å²) in [6.07, 6.45) is 2.34. The van der Waals surface area contributed by atoms with Gasteiger partial charge in [-0.3, -0.25) is 10.1 Å². The molecule has 98 valence electrons. The summed E-state index contributed by atoms with van der Waals surface area (Å²) in [4.78, 5) is 16.6. The average Bonchev–Trinajstić information content (AvgIpc) is 2.88. The maximum Gasteiger partial charge on any atom is 0.241 e. The Morgan fingerprint density at radius 2 is 2.18 bits per heavy atom. The zero-order valence-electron chi connectivity index (χ0n) is 11.3. The highest BCUT2D eigenvalue weighted by Gasteiger charge is 2.37. The van der Waals surface area contributed by atoms with E-state index in [4.69, 9.17) is 0 Å². The van der Waals surface area contributed by atoms with Gasteiger partial charge in [0.1, 0.15) is 0 Å². The molecule has 0 bridgehead atoms. The number of hydrogen-bond donors (Lipinski definition) is 1. The zero-order chi connectivity index (χ0) is 12.4. The Balaban J connectivity index is 1.89. The molecule has 3 atom stereocenters. The molecular weight excluding hydrogens is 214 g/mol. The van der Waals surface area contributed by atoms with Crippen molar-refractivity contribution in [2.45, 2.75) is 45.8 Å². The van der Waals surface area contributed by atoms with E-state index in [0.29, 0.717) is 11.8 Å². The summed E-state index contributed by atoms with van der Waals surface area (Å²) in [5, 5.41) is 3.37. The van der Waals surface area contributed by atoms with Crippen LogP contribution in [0.25, 0.3) is 0 Å². The number of carbonyl (C=O) groups excluding carboxylic acids is 1. The van der Waals surface area contributed by atoms with Crippen LogP contribution in [0.2, 0.25) is 0 Å². The average molecular weight is 239 g/mol. The van der Waals surface area contributed by atoms with Gasteiger partial charge in [0.05, 0.1) is 12.2 Å². The fourth-order valence-electron chi connectivity index (χ4n) is 3.01. The van der Waals surface area contributed by atoms with Gasteiger partial charge in [0.15, 0.2) is 0 Å². The van der Waals surface area contributed by atoms with Gasteiger partial charge in [-0.05, 0) is 38.8 Å². The molecule has 1 N–H and O–H groups in total. The molecule has 2 saturated heterocycles. The molecule has 0 aromatic heterocycles. The van der Waals surface area contributed by atoms with Crippen molar-refractivity contribution in [1.82, 2.24) is 15.1 Å². The van der Waals surface area contributed by atoms with Crippen LogP contribution >= 0.6 is 0 Å². The minimum atomic E-state index is 0.0497. The molecule has 2 aliphatic rings. The first kappa shape index (κ1) is 12.8. The molecule has 0 radical (unpaired) electrons. The van der Waals surface area contributed by atoms with Crippen molar-refractivity contribution in [2.75, 3.05) is 26.2 Å². The lowest BCUT2D eigenvalue weighted by Gasteiger charge is -2.24. The molecule has 1 amide bonds. The lowest BCUT2D eigenvalue weighted by Crippen LogP contribution is -2.39. The fourth-order valence-corrected chi connectivity index (χ4v) is 3.01. The largest absolute Gasteiger partial charge is 0.326 e. The van der Waals surface area contributed by atoms with Crippen LogP contribution in [0.15, 0.2) is 0 Å². The zero-order valence-corrected chi connectivity index (χ0v) is 11.3. The van der Waals surface area contributed by atoms with Crippen LogP contribution in [-0.4, -0.2) is 54.1 Å². The first-order valence-electron chi connectivity index (χ1n) is 6.94. The Morgan fingerprint density at radius 1 is 1.41 bits per heavy atom. The molecule has 0 spiro atoms. The van der Waals surface area contributed by atoms with Crippen molar-refractivity contribution in [2.24, 2.45) is 5.92 Å². The predicted octanol–water partition coefficient (Wildman–Crippen LogP) is 0.885. The summed E-state index contributed by atoms with van der Waals surface area (Å²) < 4.78 is 0. The third-order valence-corrected chi connectivity index (χ3v) is 4.17. The molecule has 0 saturated carbocycles. The molecule has 0 aliphatic carbocycles. The van der Waals surface area contributed by atoms with Crippen LogP contribution in [0.5, 0.6) is 0 Å². The van der Waals surface area contributed by atoms with E-state index in [1.54, 1.807) is 0 Å². The van der Waals surface area contributed by atoms with E-state index in [-0.39, 0.29) is 12.2 Å². The normalized spacial score (nSPS) is 34.9. The van der Waals surface area contributed by atoms with Gasteiger partial charge in [0.25, 0.3) is 0 Å². The van der Waals surface area contributed by atoms with Crippen LogP contribution in [0.1, 0.15) is 33.6 Å². The Bertz CT molecular complexity index is 282. The molecule has 2 aliphatic heterocycles. The summed E-state index contributed by atoms with van der Waals surface area (Å²) in [5.74, 6) is 0.966. The van der Waals surface area contributed by atoms with Crippen molar-refractivity contribution in [3.8, 4) is 0 Å². The summed E-state index contributed by atoms with van der Waals surface area (Å²) >= 11 is 0. The van der Waals surface area contributed by atoms with Gasteiger partial charge < -0.3 is 9.80 Å². The fraction of sp³-hybridized carbons (Fsp3) is 0.923. The van der Waals surface area contributed by atoms with Crippen molar-refractivity contribution < 1.29 is 4.79 Å². The Kier molecular flexibility index (Phi) is 4.05. The summed E-state index contributed by atoms with van der Waals surface area (Å²) in [5.41, 5.74) is 0. The number of nitrogens with zero attached hydrogens (tertiary/aromatic N) is 2. The minimum absolute atomic E-state index is 0.0497. The van der Waals surface area contributed by atoms with E-state index < -0.39 is 0 Å². The molecular formula is C13H25N3O. The van der Waals surface area contributed by atoms with Crippen LogP contribution < -0.4 is 5.32 Å². The maximum atomic E-state index is 12.1. The van der Waals surface area contributed by atoms with E-state index >= 15 is 0 Å². The highest BCUT2D eigenvalue weighted by molar-refractivity contribution is 5.84. The molecule has 0 aromatic carbocycles. The molecule has 17 heavy (non-hydrogen) atoms. The van der Waals surface area contributed by atoms with Crippen LogP contribution in [0.3, 0.4) is 0 Å². The van der Waals surface area contributed by atoms with Gasteiger partial charge in [0.2, 0.25) is 5.91 Å². The predicted molar refractivity (Wildman–Crippen MR) is 68.6 cm³/mol. The Hall–Kier alpha value is -0.610. The first-order valence-corrected chi connectivity index (χ1v) is 6.94. The highest BCUT2D eigenvalue weighted by atomic mass is 16.2. The van der Waals surface area contributed by atoms with E-state index in [1.807, 2.05) is 4.90 Å². The van der Waals surface area contributed by atoms with Crippen LogP contribution in [0.4, 0.5) is 0 Å². The van der Waals surface area contributed by atoms with Gasteiger partial charge in [-0.1, -0.05) is 13.8 Å². The highest BCUT2D eigenvalue weighted by Crippen LogP contribution is 2.21. The number of amides is 1. The number of likely N-dealkylation sites (tertiary alicyclic amines) is 1. The van der Waals surface area contributed by atoms with Crippen molar-refractivity contribution in [3.05, 3.63) is 0 Å². The summed E-state index contributed by atoms with van der Waals surface area (Å²) in [6.45, 7) is 10.8. The summed E-state index contributed by atoms with van der Waals surface area (Å²) in [7, 11) is 0. The number of hydrogen-bond acceptors (Lipinski definition) is 3. The molecule has 4 nitrogen and oxygen atoms in total. The third-order valence-electron chi connectivity index (χ3n) is 4.17. The molecule has 4 heteroatoms. The Morgan fingerprint density at radius 3 is 2.71 bits per heavy atom. The SMILES string of the molecule is CCC1NC(C)N(CC2CCN(CC)C2)C1=O. The Labute approximate surface area is 104 Å². The van der Waals surface area contributed by atoms with Gasteiger partial charge in [-0.2, -0.15) is 0 Å². The van der Waals surface area contributed by atoms with Gasteiger partial charge in [-0.15, -0.1) is 0 Å². The van der Waals surface area contributed by atoms with E-state index in [1.165, 1.54) is 13.0 Å². The van der Waals surface area contributed by atoms with Gasteiger partial charge in [-0.25, -0.2) is 0 Å². The maximum absolute atomic E-state index is 12.1. The number of carbonyl (C=O) groups is 1. The molecule has 2 heterocycles. The number of rotatable bonds is 4. The van der Waals surface area contributed by atoms with Gasteiger partial charge in [0, 0.05) is 13.1 Å². The van der Waals surface area contributed by atoms with E-state index in [9.17, 15) is 4.79 Å². The summed E-state index contributed by atoms with van der Waals surface area (Å²) in [6, 6.07) is 0.0497. The second-order valence-electron chi connectivity index (χ2n) is 5.34. The van der Waals surface area contributed by atoms with Crippen LogP contribution in [-0.2, 0) is 4.79 Å². The molecule has 2 rings (SSSR count). The second kappa shape index (κ2) is 5.36. The van der Waals surface area contributed by atoms with E-state index in [2.05, 4.69) is 31.0 Å². The number of nitrogens with one attached hydrogen (secondary N) is 1. The van der Waals surface area contributed by atoms with Crippen LogP contribution in [0, 0.1) is 5.92 Å². The lowest BCUT2D eigenvalue weighted by molar-refractivity contribution is -0.130. The van der Waals surface area contributed by atoms with Crippen molar-refractivity contribution in [1.29, 1.82) is 0 Å².